The van der Waals surface area contributed by atoms with E-state index >= 15 is 0 Å². The fraction of sp³-hybridized carbons (Fsp3) is 0. The number of fused-ring (bicyclic) bond motifs is 1. The van der Waals surface area contributed by atoms with Gasteiger partial charge in [-0.25, -0.2) is 4.98 Å². The summed E-state index contributed by atoms with van der Waals surface area (Å²) in [7, 11) is 0. The van der Waals surface area contributed by atoms with Gasteiger partial charge < -0.3 is 10.5 Å². The van der Waals surface area contributed by atoms with Crippen molar-refractivity contribution >= 4 is 32.4 Å². The van der Waals surface area contributed by atoms with Crippen molar-refractivity contribution in [3.63, 3.8) is 0 Å². The van der Waals surface area contributed by atoms with Crippen molar-refractivity contribution in [3.8, 4) is 11.6 Å². The second-order valence-electron chi connectivity index (χ2n) is 4.13. The van der Waals surface area contributed by atoms with Gasteiger partial charge in [0.1, 0.15) is 5.75 Å². The summed E-state index contributed by atoms with van der Waals surface area (Å²) in [5, 5.41) is 2.16. The standard InChI is InChI=1S/C15H11BrN2O/c16-11-8-13(17)15(18-9-11)19-14-7-3-5-10-4-1-2-6-12(10)14/h1-9H,17H2. The number of nitrogen functional groups attached to an aromatic ring is 1. The summed E-state index contributed by atoms with van der Waals surface area (Å²) in [4.78, 5) is 4.19. The van der Waals surface area contributed by atoms with Crippen molar-refractivity contribution in [2.24, 2.45) is 0 Å². The summed E-state index contributed by atoms with van der Waals surface area (Å²) in [5.74, 6) is 1.17. The summed E-state index contributed by atoms with van der Waals surface area (Å²) in [5.41, 5.74) is 6.40. The van der Waals surface area contributed by atoms with Crippen LogP contribution in [0.1, 0.15) is 0 Å². The van der Waals surface area contributed by atoms with E-state index in [-0.39, 0.29) is 0 Å². The molecule has 0 atom stereocenters. The quantitative estimate of drug-likeness (QED) is 0.764. The lowest BCUT2D eigenvalue weighted by Crippen LogP contribution is -1.95. The lowest BCUT2D eigenvalue weighted by molar-refractivity contribution is 0.471. The molecule has 0 aliphatic rings. The van der Waals surface area contributed by atoms with Crippen LogP contribution in [0.25, 0.3) is 10.8 Å². The van der Waals surface area contributed by atoms with Crippen LogP contribution in [0.4, 0.5) is 5.69 Å². The Kier molecular flexibility index (Phi) is 3.09. The number of hydrogen-bond donors (Lipinski definition) is 1. The van der Waals surface area contributed by atoms with Crippen LogP contribution in [0, 0.1) is 0 Å². The summed E-state index contributed by atoms with van der Waals surface area (Å²) in [6.45, 7) is 0. The van der Waals surface area contributed by atoms with Crippen LogP contribution in [0.15, 0.2) is 59.2 Å². The molecular weight excluding hydrogens is 304 g/mol. The molecule has 0 fully saturated rings. The number of pyridine rings is 1. The highest BCUT2D eigenvalue weighted by Gasteiger charge is 2.07. The Hall–Kier alpha value is -2.07. The molecule has 0 aliphatic heterocycles. The molecule has 3 aromatic rings. The first-order valence-corrected chi connectivity index (χ1v) is 6.60. The van der Waals surface area contributed by atoms with E-state index in [0.29, 0.717) is 11.6 Å². The van der Waals surface area contributed by atoms with Gasteiger partial charge >= 0.3 is 0 Å². The normalized spacial score (nSPS) is 10.6. The second-order valence-corrected chi connectivity index (χ2v) is 5.04. The Labute approximate surface area is 119 Å². The molecule has 0 unspecified atom stereocenters. The topological polar surface area (TPSA) is 48.1 Å². The minimum atomic E-state index is 0.416. The first kappa shape index (κ1) is 12.0. The number of halogens is 1. The van der Waals surface area contributed by atoms with Crippen molar-refractivity contribution in [2.75, 3.05) is 5.73 Å². The third-order valence-corrected chi connectivity index (χ3v) is 3.24. The van der Waals surface area contributed by atoms with Crippen molar-refractivity contribution in [1.82, 2.24) is 4.98 Å². The molecule has 3 rings (SSSR count). The minimum Gasteiger partial charge on any atom is -0.436 e. The summed E-state index contributed by atoms with van der Waals surface area (Å²) in [6, 6.07) is 15.7. The van der Waals surface area contributed by atoms with E-state index in [2.05, 4.69) is 20.9 Å². The van der Waals surface area contributed by atoms with Crippen LogP contribution < -0.4 is 10.5 Å². The van der Waals surface area contributed by atoms with Crippen molar-refractivity contribution in [2.45, 2.75) is 0 Å². The zero-order valence-corrected chi connectivity index (χ0v) is 11.6. The smallest absolute Gasteiger partial charge is 0.242 e. The predicted octanol–water partition coefficient (Wildman–Crippen LogP) is 4.37. The molecule has 19 heavy (non-hydrogen) atoms. The molecule has 0 bridgehead atoms. The Bertz CT molecular complexity index is 738. The molecule has 0 amide bonds. The molecule has 0 spiro atoms. The van der Waals surface area contributed by atoms with Gasteiger partial charge in [-0.2, -0.15) is 0 Å². The number of hydrogen-bond acceptors (Lipinski definition) is 3. The van der Waals surface area contributed by atoms with Crippen molar-refractivity contribution in [1.29, 1.82) is 0 Å². The lowest BCUT2D eigenvalue weighted by atomic mass is 10.1. The predicted molar refractivity (Wildman–Crippen MR) is 80.4 cm³/mol. The highest BCUT2D eigenvalue weighted by molar-refractivity contribution is 9.10. The Balaban J connectivity index is 2.06. The van der Waals surface area contributed by atoms with E-state index in [9.17, 15) is 0 Å². The van der Waals surface area contributed by atoms with E-state index < -0.39 is 0 Å². The molecule has 1 heterocycles. The molecule has 0 saturated heterocycles. The van der Waals surface area contributed by atoms with Gasteiger partial charge in [-0.15, -0.1) is 0 Å². The van der Waals surface area contributed by atoms with E-state index in [1.807, 2.05) is 42.5 Å². The van der Waals surface area contributed by atoms with Crippen LogP contribution in [0.2, 0.25) is 0 Å². The number of rotatable bonds is 2. The number of benzene rings is 2. The maximum absolute atomic E-state index is 5.90. The molecule has 3 nitrogen and oxygen atoms in total. The fourth-order valence-electron chi connectivity index (χ4n) is 1.92. The number of nitrogens with two attached hydrogens (primary N) is 1. The Morgan fingerprint density at radius 1 is 1.05 bits per heavy atom. The highest BCUT2D eigenvalue weighted by atomic mass is 79.9. The largest absolute Gasteiger partial charge is 0.436 e. The number of aromatic nitrogens is 1. The lowest BCUT2D eigenvalue weighted by Gasteiger charge is -2.09. The maximum atomic E-state index is 5.90. The van der Waals surface area contributed by atoms with Gasteiger partial charge in [-0.05, 0) is 33.4 Å². The van der Waals surface area contributed by atoms with Crippen molar-refractivity contribution in [3.05, 3.63) is 59.2 Å². The van der Waals surface area contributed by atoms with Gasteiger partial charge in [-0.3, -0.25) is 0 Å². The number of nitrogens with zero attached hydrogens (tertiary/aromatic N) is 1. The summed E-state index contributed by atoms with van der Waals surface area (Å²) in [6.07, 6.45) is 1.66. The fourth-order valence-corrected chi connectivity index (χ4v) is 2.27. The van der Waals surface area contributed by atoms with E-state index in [1.165, 1.54) is 0 Å². The van der Waals surface area contributed by atoms with Gasteiger partial charge in [0.05, 0.1) is 5.69 Å². The van der Waals surface area contributed by atoms with Crippen LogP contribution in [0.3, 0.4) is 0 Å². The first-order chi connectivity index (χ1) is 9.24. The molecular formula is C15H11BrN2O. The van der Waals surface area contributed by atoms with Crippen LogP contribution in [-0.2, 0) is 0 Å². The minimum absolute atomic E-state index is 0.416. The molecule has 1 aromatic heterocycles. The molecule has 4 heteroatoms. The summed E-state index contributed by atoms with van der Waals surface area (Å²) >= 11 is 3.32. The van der Waals surface area contributed by atoms with Crippen LogP contribution >= 0.6 is 15.9 Å². The number of anilines is 1. The third-order valence-electron chi connectivity index (χ3n) is 2.80. The molecule has 2 aromatic carbocycles. The van der Waals surface area contributed by atoms with Crippen molar-refractivity contribution < 1.29 is 4.74 Å². The average molecular weight is 315 g/mol. The van der Waals surface area contributed by atoms with Gasteiger partial charge in [0, 0.05) is 16.1 Å². The Morgan fingerprint density at radius 3 is 2.68 bits per heavy atom. The molecule has 0 radical (unpaired) electrons. The molecule has 0 aliphatic carbocycles. The molecule has 2 N–H and O–H groups in total. The highest BCUT2D eigenvalue weighted by Crippen LogP contribution is 2.32. The van der Waals surface area contributed by atoms with E-state index in [1.54, 1.807) is 12.3 Å². The van der Waals surface area contributed by atoms with Gasteiger partial charge in [0.15, 0.2) is 0 Å². The van der Waals surface area contributed by atoms with Crippen LogP contribution in [0.5, 0.6) is 11.6 Å². The first-order valence-electron chi connectivity index (χ1n) is 5.81. The van der Waals surface area contributed by atoms with E-state index in [4.69, 9.17) is 10.5 Å². The maximum Gasteiger partial charge on any atom is 0.242 e. The molecule has 94 valence electrons. The SMILES string of the molecule is Nc1cc(Br)cnc1Oc1cccc2ccccc12. The second kappa shape index (κ2) is 4.90. The monoisotopic (exact) mass is 314 g/mol. The zero-order valence-electron chi connectivity index (χ0n) is 10.0. The van der Waals surface area contributed by atoms with Crippen LogP contribution in [-0.4, -0.2) is 4.98 Å². The van der Waals surface area contributed by atoms with Gasteiger partial charge in [-0.1, -0.05) is 36.4 Å². The average Bonchev–Trinajstić information content (AvgIpc) is 2.42. The third kappa shape index (κ3) is 2.39. The number of ether oxygens (including phenoxy) is 1. The summed E-state index contributed by atoms with van der Waals surface area (Å²) < 4.78 is 6.65. The van der Waals surface area contributed by atoms with E-state index in [0.717, 1.165) is 21.0 Å². The van der Waals surface area contributed by atoms with Gasteiger partial charge in [0.25, 0.3) is 0 Å². The Morgan fingerprint density at radius 2 is 1.84 bits per heavy atom. The zero-order chi connectivity index (χ0) is 13.2. The molecule has 0 saturated carbocycles. The van der Waals surface area contributed by atoms with Gasteiger partial charge in [0.2, 0.25) is 5.88 Å².